The van der Waals surface area contributed by atoms with Gasteiger partial charge in [-0.1, -0.05) is 12.1 Å². The average Bonchev–Trinajstić information content (AvgIpc) is 2.35. The average molecular weight is 244 g/mol. The maximum Gasteiger partial charge on any atom is 0.126 e. The molecule has 2 rings (SSSR count). The molecule has 1 N–H and O–H groups in total. The summed E-state index contributed by atoms with van der Waals surface area (Å²) in [7, 11) is 0. The standard InChI is InChI=1S/C14H10F2N2/c15-12-5-10(6-13(16)7-12)9-18-14-4-2-1-3-11(14)8-17/h1-7,18H,9H2. The van der Waals surface area contributed by atoms with Gasteiger partial charge in [-0.2, -0.15) is 5.26 Å². The van der Waals surface area contributed by atoms with Crippen LogP contribution in [0.15, 0.2) is 42.5 Å². The number of nitriles is 1. The molecule has 0 aliphatic heterocycles. The maximum absolute atomic E-state index is 13.0. The summed E-state index contributed by atoms with van der Waals surface area (Å²) in [5.74, 6) is -1.22. The third-order valence-corrected chi connectivity index (χ3v) is 2.45. The highest BCUT2D eigenvalue weighted by atomic mass is 19.1. The van der Waals surface area contributed by atoms with Crippen LogP contribution in [0.4, 0.5) is 14.5 Å². The fourth-order valence-corrected chi connectivity index (χ4v) is 1.65. The molecule has 0 fully saturated rings. The second kappa shape index (κ2) is 5.28. The number of benzene rings is 2. The van der Waals surface area contributed by atoms with Gasteiger partial charge in [0.1, 0.15) is 17.7 Å². The molecule has 2 aromatic carbocycles. The quantitative estimate of drug-likeness (QED) is 0.897. The molecular weight excluding hydrogens is 234 g/mol. The third-order valence-electron chi connectivity index (χ3n) is 2.45. The van der Waals surface area contributed by atoms with E-state index in [1.165, 1.54) is 12.1 Å². The van der Waals surface area contributed by atoms with Crippen molar-refractivity contribution in [2.24, 2.45) is 0 Å². The summed E-state index contributed by atoms with van der Waals surface area (Å²) in [5, 5.41) is 11.9. The van der Waals surface area contributed by atoms with E-state index in [0.29, 0.717) is 16.8 Å². The fraction of sp³-hybridized carbons (Fsp3) is 0.0714. The van der Waals surface area contributed by atoms with Gasteiger partial charge in [-0.05, 0) is 29.8 Å². The molecular formula is C14H10F2N2. The van der Waals surface area contributed by atoms with E-state index in [9.17, 15) is 8.78 Å². The topological polar surface area (TPSA) is 35.8 Å². The molecule has 0 aliphatic rings. The van der Waals surface area contributed by atoms with Crippen LogP contribution in [-0.2, 0) is 6.54 Å². The molecule has 0 spiro atoms. The highest BCUT2D eigenvalue weighted by Gasteiger charge is 2.03. The van der Waals surface area contributed by atoms with Gasteiger partial charge in [0, 0.05) is 12.6 Å². The Morgan fingerprint density at radius 3 is 2.39 bits per heavy atom. The van der Waals surface area contributed by atoms with Crippen LogP contribution in [0.1, 0.15) is 11.1 Å². The lowest BCUT2D eigenvalue weighted by Crippen LogP contribution is -2.02. The van der Waals surface area contributed by atoms with Crippen molar-refractivity contribution in [2.45, 2.75) is 6.54 Å². The molecule has 0 atom stereocenters. The lowest BCUT2D eigenvalue weighted by atomic mass is 10.1. The van der Waals surface area contributed by atoms with Crippen LogP contribution in [0.2, 0.25) is 0 Å². The van der Waals surface area contributed by atoms with Crippen LogP contribution in [0, 0.1) is 23.0 Å². The zero-order valence-electron chi connectivity index (χ0n) is 9.45. The Morgan fingerprint density at radius 1 is 1.06 bits per heavy atom. The lowest BCUT2D eigenvalue weighted by Gasteiger charge is -2.08. The minimum absolute atomic E-state index is 0.257. The molecule has 0 unspecified atom stereocenters. The lowest BCUT2D eigenvalue weighted by molar-refractivity contribution is 0.580. The zero-order valence-corrected chi connectivity index (χ0v) is 9.45. The number of nitrogens with zero attached hydrogens (tertiary/aromatic N) is 1. The predicted octanol–water partition coefficient (Wildman–Crippen LogP) is 3.45. The summed E-state index contributed by atoms with van der Waals surface area (Å²) in [4.78, 5) is 0. The van der Waals surface area contributed by atoms with E-state index in [0.717, 1.165) is 6.07 Å². The van der Waals surface area contributed by atoms with E-state index >= 15 is 0 Å². The van der Waals surface area contributed by atoms with Crippen molar-refractivity contribution >= 4 is 5.69 Å². The van der Waals surface area contributed by atoms with Crippen LogP contribution < -0.4 is 5.32 Å². The molecule has 4 heteroatoms. The van der Waals surface area contributed by atoms with Gasteiger partial charge in [0.2, 0.25) is 0 Å². The number of halogens is 2. The van der Waals surface area contributed by atoms with Crippen LogP contribution in [0.3, 0.4) is 0 Å². The first-order chi connectivity index (χ1) is 8.69. The largest absolute Gasteiger partial charge is 0.380 e. The number of rotatable bonds is 3. The van der Waals surface area contributed by atoms with Gasteiger partial charge < -0.3 is 5.32 Å². The first kappa shape index (κ1) is 12.1. The van der Waals surface area contributed by atoms with E-state index in [4.69, 9.17) is 5.26 Å². The minimum Gasteiger partial charge on any atom is -0.380 e. The van der Waals surface area contributed by atoms with Gasteiger partial charge >= 0.3 is 0 Å². The van der Waals surface area contributed by atoms with Gasteiger partial charge in [-0.3, -0.25) is 0 Å². The summed E-state index contributed by atoms with van der Waals surface area (Å²) in [6, 6.07) is 12.3. The number of hydrogen-bond donors (Lipinski definition) is 1. The Bertz CT molecular complexity index is 583. The maximum atomic E-state index is 13.0. The molecule has 2 aromatic rings. The summed E-state index contributed by atoms with van der Waals surface area (Å²) in [6.07, 6.45) is 0. The van der Waals surface area contributed by atoms with Crippen molar-refractivity contribution in [3.05, 3.63) is 65.2 Å². The molecule has 2 nitrogen and oxygen atoms in total. The molecule has 0 saturated heterocycles. The predicted molar refractivity (Wildman–Crippen MR) is 64.8 cm³/mol. The Balaban J connectivity index is 2.14. The normalized spacial score (nSPS) is 9.83. The molecule has 90 valence electrons. The highest BCUT2D eigenvalue weighted by molar-refractivity contribution is 5.57. The van der Waals surface area contributed by atoms with E-state index in [2.05, 4.69) is 5.32 Å². The summed E-state index contributed by atoms with van der Waals surface area (Å²) in [6.45, 7) is 0.257. The Labute approximate surface area is 103 Å². The Kier molecular flexibility index (Phi) is 3.54. The molecule has 0 amide bonds. The van der Waals surface area contributed by atoms with Crippen molar-refractivity contribution in [2.75, 3.05) is 5.32 Å². The molecule has 0 radical (unpaired) electrons. The van der Waals surface area contributed by atoms with Crippen LogP contribution in [0.25, 0.3) is 0 Å². The molecule has 0 aromatic heterocycles. The van der Waals surface area contributed by atoms with Gasteiger partial charge in [0.15, 0.2) is 0 Å². The van der Waals surface area contributed by atoms with Gasteiger partial charge in [0.05, 0.1) is 11.3 Å². The summed E-state index contributed by atoms with van der Waals surface area (Å²) >= 11 is 0. The smallest absolute Gasteiger partial charge is 0.126 e. The van der Waals surface area contributed by atoms with Crippen molar-refractivity contribution in [3.63, 3.8) is 0 Å². The van der Waals surface area contributed by atoms with Crippen LogP contribution >= 0.6 is 0 Å². The van der Waals surface area contributed by atoms with Crippen LogP contribution in [-0.4, -0.2) is 0 Å². The van der Waals surface area contributed by atoms with Crippen molar-refractivity contribution < 1.29 is 8.78 Å². The van der Waals surface area contributed by atoms with Crippen molar-refractivity contribution in [1.29, 1.82) is 5.26 Å². The first-order valence-corrected chi connectivity index (χ1v) is 5.37. The van der Waals surface area contributed by atoms with Crippen LogP contribution in [0.5, 0.6) is 0 Å². The van der Waals surface area contributed by atoms with Gasteiger partial charge in [-0.15, -0.1) is 0 Å². The van der Waals surface area contributed by atoms with Crippen molar-refractivity contribution in [3.8, 4) is 6.07 Å². The Morgan fingerprint density at radius 2 is 1.72 bits per heavy atom. The third kappa shape index (κ3) is 2.83. The Hall–Kier alpha value is -2.41. The van der Waals surface area contributed by atoms with Gasteiger partial charge in [0.25, 0.3) is 0 Å². The highest BCUT2D eigenvalue weighted by Crippen LogP contribution is 2.15. The second-order valence-corrected chi connectivity index (χ2v) is 3.79. The zero-order chi connectivity index (χ0) is 13.0. The summed E-state index contributed by atoms with van der Waals surface area (Å²) in [5.41, 5.74) is 1.62. The van der Waals surface area contributed by atoms with E-state index in [1.807, 2.05) is 6.07 Å². The van der Waals surface area contributed by atoms with Gasteiger partial charge in [-0.25, -0.2) is 8.78 Å². The van der Waals surface area contributed by atoms with E-state index in [1.54, 1.807) is 24.3 Å². The van der Waals surface area contributed by atoms with E-state index < -0.39 is 11.6 Å². The molecule has 0 saturated carbocycles. The number of nitrogens with one attached hydrogen (secondary N) is 1. The molecule has 18 heavy (non-hydrogen) atoms. The number of hydrogen-bond acceptors (Lipinski definition) is 2. The summed E-state index contributed by atoms with van der Waals surface area (Å²) < 4.78 is 26.0. The number of anilines is 1. The minimum atomic E-state index is -0.611. The SMILES string of the molecule is N#Cc1ccccc1NCc1cc(F)cc(F)c1. The molecule has 0 bridgehead atoms. The number of para-hydroxylation sites is 1. The first-order valence-electron chi connectivity index (χ1n) is 5.37. The molecule has 0 heterocycles. The molecule has 0 aliphatic carbocycles. The van der Waals surface area contributed by atoms with E-state index in [-0.39, 0.29) is 6.54 Å². The fourth-order valence-electron chi connectivity index (χ4n) is 1.65. The monoisotopic (exact) mass is 244 g/mol. The second-order valence-electron chi connectivity index (χ2n) is 3.79. The van der Waals surface area contributed by atoms with Crippen molar-refractivity contribution in [1.82, 2.24) is 0 Å².